The lowest BCUT2D eigenvalue weighted by Gasteiger charge is -2.32. The van der Waals surface area contributed by atoms with E-state index in [-0.39, 0.29) is 11.5 Å². The summed E-state index contributed by atoms with van der Waals surface area (Å²) in [6.45, 7) is 9.02. The van der Waals surface area contributed by atoms with E-state index in [0.717, 1.165) is 31.4 Å². The summed E-state index contributed by atoms with van der Waals surface area (Å²) in [7, 11) is 1.39. The van der Waals surface area contributed by atoms with E-state index in [2.05, 4.69) is 25.7 Å². The van der Waals surface area contributed by atoms with Crippen molar-refractivity contribution in [3.05, 3.63) is 48.0 Å². The number of nitrogens with one attached hydrogen (secondary N) is 1. The maximum Gasteiger partial charge on any atom is 0.337 e. The molecule has 0 aliphatic rings. The molecule has 0 atom stereocenters. The van der Waals surface area contributed by atoms with Gasteiger partial charge in [-0.15, -0.1) is 6.58 Å². The number of hydrogen-bond acceptors (Lipinski definition) is 3. The maximum atomic E-state index is 11.4. The van der Waals surface area contributed by atoms with Crippen molar-refractivity contribution >= 4 is 5.97 Å². The van der Waals surface area contributed by atoms with Gasteiger partial charge in [0.25, 0.3) is 0 Å². The Kier molecular flexibility index (Phi) is 6.46. The maximum absolute atomic E-state index is 11.4. The van der Waals surface area contributed by atoms with Crippen molar-refractivity contribution in [3.63, 3.8) is 0 Å². The quantitative estimate of drug-likeness (QED) is 0.581. The highest BCUT2D eigenvalue weighted by atomic mass is 16.5. The van der Waals surface area contributed by atoms with Crippen LogP contribution in [-0.4, -0.2) is 18.6 Å². The van der Waals surface area contributed by atoms with Gasteiger partial charge in [0.2, 0.25) is 0 Å². The molecule has 1 N–H and O–H groups in total. The molecular weight excluding hydrogens is 250 g/mol. The summed E-state index contributed by atoms with van der Waals surface area (Å²) >= 11 is 0. The average molecular weight is 275 g/mol. The first-order valence-electron chi connectivity index (χ1n) is 7.14. The molecule has 1 rings (SSSR count). The van der Waals surface area contributed by atoms with Gasteiger partial charge in [-0.1, -0.05) is 32.1 Å². The first-order valence-corrected chi connectivity index (χ1v) is 7.14. The predicted octanol–water partition coefficient (Wildman–Crippen LogP) is 3.70. The molecule has 0 spiro atoms. The van der Waals surface area contributed by atoms with Crippen molar-refractivity contribution < 1.29 is 9.53 Å². The zero-order valence-corrected chi connectivity index (χ0v) is 12.7. The Balaban J connectivity index is 2.69. The van der Waals surface area contributed by atoms with Crippen molar-refractivity contribution in [2.24, 2.45) is 0 Å². The van der Waals surface area contributed by atoms with Crippen molar-refractivity contribution in [3.8, 4) is 0 Å². The van der Waals surface area contributed by atoms with Gasteiger partial charge < -0.3 is 10.1 Å². The van der Waals surface area contributed by atoms with E-state index in [1.807, 2.05) is 18.2 Å². The van der Waals surface area contributed by atoms with Crippen LogP contribution in [0.4, 0.5) is 0 Å². The van der Waals surface area contributed by atoms with E-state index in [9.17, 15) is 4.79 Å². The minimum atomic E-state index is -0.298. The zero-order valence-electron chi connectivity index (χ0n) is 12.7. The fourth-order valence-corrected chi connectivity index (χ4v) is 2.30. The highest BCUT2D eigenvalue weighted by molar-refractivity contribution is 5.89. The third-order valence-corrected chi connectivity index (χ3v) is 3.93. The number of hydrogen-bond donors (Lipinski definition) is 1. The van der Waals surface area contributed by atoms with Crippen LogP contribution >= 0.6 is 0 Å². The second-order valence-electron chi connectivity index (χ2n) is 5.02. The fraction of sp³-hybridized carbons (Fsp3) is 0.471. The average Bonchev–Trinajstić information content (AvgIpc) is 2.51. The number of rotatable bonds is 8. The van der Waals surface area contributed by atoms with Crippen LogP contribution in [-0.2, 0) is 11.3 Å². The molecule has 0 saturated carbocycles. The van der Waals surface area contributed by atoms with Crippen LogP contribution in [0.15, 0.2) is 36.9 Å². The molecule has 0 amide bonds. The largest absolute Gasteiger partial charge is 0.465 e. The lowest BCUT2D eigenvalue weighted by atomic mass is 9.88. The first kappa shape index (κ1) is 16.4. The predicted molar refractivity (Wildman–Crippen MR) is 82.7 cm³/mol. The molecule has 0 heterocycles. The molecule has 0 unspecified atom stereocenters. The summed E-state index contributed by atoms with van der Waals surface area (Å²) in [5.74, 6) is -0.298. The topological polar surface area (TPSA) is 38.3 Å². The van der Waals surface area contributed by atoms with E-state index >= 15 is 0 Å². The van der Waals surface area contributed by atoms with Crippen LogP contribution in [0.3, 0.4) is 0 Å². The molecule has 0 aliphatic heterocycles. The van der Waals surface area contributed by atoms with Gasteiger partial charge in [0.05, 0.1) is 12.7 Å². The molecule has 1 aromatic rings. The van der Waals surface area contributed by atoms with Crippen molar-refractivity contribution in [2.75, 3.05) is 7.11 Å². The number of carbonyl (C=O) groups excluding carboxylic acids is 1. The van der Waals surface area contributed by atoms with Crippen LogP contribution < -0.4 is 5.32 Å². The second kappa shape index (κ2) is 7.85. The number of benzene rings is 1. The monoisotopic (exact) mass is 275 g/mol. The lowest BCUT2D eigenvalue weighted by molar-refractivity contribution is 0.0600. The Morgan fingerprint density at radius 3 is 2.35 bits per heavy atom. The minimum Gasteiger partial charge on any atom is -0.465 e. The van der Waals surface area contributed by atoms with Crippen molar-refractivity contribution in [1.29, 1.82) is 0 Å². The standard InChI is InChI=1S/C17H25NO2/c1-5-12-17(6-2,7-3)18-13-14-8-10-15(11-9-14)16(19)20-4/h5,8-11,18H,1,6-7,12-13H2,2-4H3. The van der Waals surface area contributed by atoms with Gasteiger partial charge in [-0.25, -0.2) is 4.79 Å². The number of ether oxygens (including phenoxy) is 1. The zero-order chi connectivity index (χ0) is 15.0. The molecular formula is C17H25NO2. The molecule has 0 radical (unpaired) electrons. The number of esters is 1. The Morgan fingerprint density at radius 1 is 1.30 bits per heavy atom. The van der Waals surface area contributed by atoms with Crippen LogP contribution in [0.2, 0.25) is 0 Å². The van der Waals surface area contributed by atoms with Crippen molar-refractivity contribution in [1.82, 2.24) is 5.32 Å². The van der Waals surface area contributed by atoms with E-state index in [4.69, 9.17) is 4.74 Å². The molecule has 0 aromatic heterocycles. The van der Waals surface area contributed by atoms with Gasteiger partial charge in [0.15, 0.2) is 0 Å². The summed E-state index contributed by atoms with van der Waals surface area (Å²) in [5, 5.41) is 3.63. The van der Waals surface area contributed by atoms with Gasteiger partial charge >= 0.3 is 5.97 Å². The van der Waals surface area contributed by atoms with Crippen LogP contribution in [0.25, 0.3) is 0 Å². The summed E-state index contributed by atoms with van der Waals surface area (Å²) < 4.78 is 4.69. The number of carbonyl (C=O) groups is 1. The molecule has 0 bridgehead atoms. The van der Waals surface area contributed by atoms with E-state index in [0.29, 0.717) is 5.56 Å². The van der Waals surface area contributed by atoms with Gasteiger partial charge in [0.1, 0.15) is 0 Å². The van der Waals surface area contributed by atoms with Gasteiger partial charge in [-0.3, -0.25) is 0 Å². The highest BCUT2D eigenvalue weighted by Gasteiger charge is 2.23. The van der Waals surface area contributed by atoms with E-state index < -0.39 is 0 Å². The minimum absolute atomic E-state index is 0.114. The fourth-order valence-electron chi connectivity index (χ4n) is 2.30. The summed E-state index contributed by atoms with van der Waals surface area (Å²) in [5.41, 5.74) is 1.86. The van der Waals surface area contributed by atoms with Gasteiger partial charge in [0, 0.05) is 12.1 Å². The van der Waals surface area contributed by atoms with Crippen LogP contribution in [0.5, 0.6) is 0 Å². The Labute approximate surface area is 122 Å². The second-order valence-corrected chi connectivity index (χ2v) is 5.02. The molecule has 0 fully saturated rings. The third-order valence-electron chi connectivity index (χ3n) is 3.93. The van der Waals surface area contributed by atoms with Gasteiger partial charge in [-0.05, 0) is 37.0 Å². The molecule has 20 heavy (non-hydrogen) atoms. The Bertz CT molecular complexity index is 433. The Morgan fingerprint density at radius 2 is 1.90 bits per heavy atom. The molecule has 0 saturated heterocycles. The number of methoxy groups -OCH3 is 1. The van der Waals surface area contributed by atoms with E-state index in [1.54, 1.807) is 12.1 Å². The summed E-state index contributed by atoms with van der Waals surface area (Å²) in [4.78, 5) is 11.4. The molecule has 1 aromatic carbocycles. The third kappa shape index (κ3) is 4.20. The Hall–Kier alpha value is -1.61. The van der Waals surface area contributed by atoms with E-state index in [1.165, 1.54) is 7.11 Å². The molecule has 0 aliphatic carbocycles. The normalized spacial score (nSPS) is 11.2. The highest BCUT2D eigenvalue weighted by Crippen LogP contribution is 2.21. The smallest absolute Gasteiger partial charge is 0.337 e. The van der Waals surface area contributed by atoms with Crippen LogP contribution in [0.1, 0.15) is 49.0 Å². The summed E-state index contributed by atoms with van der Waals surface area (Å²) in [6.07, 6.45) is 5.06. The van der Waals surface area contributed by atoms with Crippen LogP contribution in [0, 0.1) is 0 Å². The lowest BCUT2D eigenvalue weighted by Crippen LogP contribution is -2.43. The van der Waals surface area contributed by atoms with Gasteiger partial charge in [-0.2, -0.15) is 0 Å². The first-order chi connectivity index (χ1) is 9.60. The molecule has 3 heteroatoms. The molecule has 3 nitrogen and oxygen atoms in total. The summed E-state index contributed by atoms with van der Waals surface area (Å²) in [6, 6.07) is 7.53. The van der Waals surface area contributed by atoms with Crippen molar-refractivity contribution in [2.45, 2.75) is 45.2 Å². The molecule has 110 valence electrons. The SMILES string of the molecule is C=CCC(CC)(CC)NCc1ccc(C(=O)OC)cc1.